The van der Waals surface area contributed by atoms with Crippen molar-refractivity contribution in [3.63, 3.8) is 0 Å². The molecule has 0 aromatic heterocycles. The highest BCUT2D eigenvalue weighted by molar-refractivity contribution is 9.10. The van der Waals surface area contributed by atoms with Gasteiger partial charge >= 0.3 is 0 Å². The molecular formula is C13H19BrOS. The van der Waals surface area contributed by atoms with Crippen LogP contribution in [-0.2, 0) is 6.42 Å². The fourth-order valence-electron chi connectivity index (χ4n) is 1.39. The van der Waals surface area contributed by atoms with E-state index in [1.807, 2.05) is 23.9 Å². The van der Waals surface area contributed by atoms with Crippen molar-refractivity contribution in [3.05, 3.63) is 34.3 Å². The van der Waals surface area contributed by atoms with E-state index in [4.69, 9.17) is 0 Å². The standard InChI is InChI=1S/C13H19BrOS/c1-10(2)8-16-9-13(15)7-11-3-5-12(14)6-4-11/h3-6,10,13,15H,7-9H2,1-2H3. The van der Waals surface area contributed by atoms with Gasteiger partial charge in [-0.15, -0.1) is 0 Å². The molecule has 0 saturated carbocycles. The van der Waals surface area contributed by atoms with E-state index in [0.717, 1.165) is 22.4 Å². The molecule has 16 heavy (non-hydrogen) atoms. The molecule has 1 rings (SSSR count). The van der Waals surface area contributed by atoms with Crippen LogP contribution in [0.1, 0.15) is 19.4 Å². The number of aliphatic hydroxyl groups excluding tert-OH is 1. The highest BCUT2D eigenvalue weighted by Gasteiger charge is 2.06. The molecule has 3 heteroatoms. The summed E-state index contributed by atoms with van der Waals surface area (Å²) in [5, 5.41) is 9.85. The van der Waals surface area contributed by atoms with Gasteiger partial charge in [-0.2, -0.15) is 11.8 Å². The summed E-state index contributed by atoms with van der Waals surface area (Å²) < 4.78 is 1.08. The summed E-state index contributed by atoms with van der Waals surface area (Å²) in [6, 6.07) is 8.15. The first-order valence-electron chi connectivity index (χ1n) is 5.58. The maximum absolute atomic E-state index is 9.85. The predicted octanol–water partition coefficient (Wildman–Crippen LogP) is 3.74. The van der Waals surface area contributed by atoms with Gasteiger partial charge in [-0.25, -0.2) is 0 Å². The minimum atomic E-state index is -0.232. The Balaban J connectivity index is 2.28. The third-order valence-corrected chi connectivity index (χ3v) is 4.20. The van der Waals surface area contributed by atoms with E-state index in [1.165, 1.54) is 5.56 Å². The van der Waals surface area contributed by atoms with Crippen LogP contribution < -0.4 is 0 Å². The third-order valence-electron chi connectivity index (χ3n) is 2.15. The molecule has 0 saturated heterocycles. The van der Waals surface area contributed by atoms with Crippen molar-refractivity contribution < 1.29 is 5.11 Å². The predicted molar refractivity (Wildman–Crippen MR) is 76.0 cm³/mol. The molecule has 1 aromatic carbocycles. The SMILES string of the molecule is CC(C)CSCC(O)Cc1ccc(Br)cc1. The molecule has 1 N–H and O–H groups in total. The molecule has 0 aliphatic heterocycles. The van der Waals surface area contributed by atoms with Crippen molar-refractivity contribution in [2.75, 3.05) is 11.5 Å². The van der Waals surface area contributed by atoms with E-state index in [-0.39, 0.29) is 6.10 Å². The summed E-state index contributed by atoms with van der Waals surface area (Å²) in [5.74, 6) is 2.65. The van der Waals surface area contributed by atoms with Gasteiger partial charge in [0.2, 0.25) is 0 Å². The maximum atomic E-state index is 9.85. The first-order chi connectivity index (χ1) is 7.58. The van der Waals surface area contributed by atoms with Crippen LogP contribution in [0.4, 0.5) is 0 Å². The van der Waals surface area contributed by atoms with Gasteiger partial charge in [0.25, 0.3) is 0 Å². The molecule has 0 aliphatic rings. The van der Waals surface area contributed by atoms with E-state index in [9.17, 15) is 5.11 Å². The van der Waals surface area contributed by atoms with Gasteiger partial charge in [0.15, 0.2) is 0 Å². The highest BCUT2D eigenvalue weighted by atomic mass is 79.9. The molecule has 0 radical (unpaired) electrons. The van der Waals surface area contributed by atoms with Gasteiger partial charge in [0.1, 0.15) is 0 Å². The van der Waals surface area contributed by atoms with Crippen molar-refractivity contribution in [2.45, 2.75) is 26.4 Å². The van der Waals surface area contributed by atoms with Crippen LogP contribution in [0.3, 0.4) is 0 Å². The Morgan fingerprint density at radius 3 is 2.38 bits per heavy atom. The van der Waals surface area contributed by atoms with Crippen LogP contribution in [0, 0.1) is 5.92 Å². The fourth-order valence-corrected chi connectivity index (χ4v) is 2.65. The Labute approximate surface area is 111 Å². The van der Waals surface area contributed by atoms with Crippen molar-refractivity contribution >= 4 is 27.7 Å². The molecule has 0 amide bonds. The quantitative estimate of drug-likeness (QED) is 0.864. The molecule has 0 spiro atoms. The highest BCUT2D eigenvalue weighted by Crippen LogP contribution is 2.14. The monoisotopic (exact) mass is 302 g/mol. The largest absolute Gasteiger partial charge is 0.392 e. The molecule has 0 fully saturated rings. The zero-order valence-corrected chi connectivity index (χ0v) is 12.2. The summed E-state index contributed by atoms with van der Waals surface area (Å²) >= 11 is 5.24. The Kier molecular flexibility index (Phi) is 6.47. The molecule has 0 heterocycles. The molecule has 90 valence electrons. The number of thioether (sulfide) groups is 1. The van der Waals surface area contributed by atoms with Crippen LogP contribution in [0.25, 0.3) is 0 Å². The Morgan fingerprint density at radius 1 is 1.19 bits per heavy atom. The fraction of sp³-hybridized carbons (Fsp3) is 0.538. The van der Waals surface area contributed by atoms with Crippen molar-refractivity contribution in [2.24, 2.45) is 5.92 Å². The van der Waals surface area contributed by atoms with E-state index < -0.39 is 0 Å². The van der Waals surface area contributed by atoms with E-state index in [0.29, 0.717) is 5.92 Å². The van der Waals surface area contributed by atoms with E-state index in [2.05, 4.69) is 41.9 Å². The van der Waals surface area contributed by atoms with Crippen molar-refractivity contribution in [3.8, 4) is 0 Å². The van der Waals surface area contributed by atoms with Gasteiger partial charge in [-0.1, -0.05) is 41.9 Å². The maximum Gasteiger partial charge on any atom is 0.0670 e. The smallest absolute Gasteiger partial charge is 0.0670 e. The third kappa shape index (κ3) is 5.92. The van der Waals surface area contributed by atoms with Gasteiger partial charge in [0.05, 0.1) is 6.10 Å². The van der Waals surface area contributed by atoms with Crippen molar-refractivity contribution in [1.82, 2.24) is 0 Å². The van der Waals surface area contributed by atoms with Crippen LogP contribution in [0.15, 0.2) is 28.7 Å². The summed E-state index contributed by atoms with van der Waals surface area (Å²) in [6.07, 6.45) is 0.517. The van der Waals surface area contributed by atoms with Crippen LogP contribution in [-0.4, -0.2) is 22.7 Å². The topological polar surface area (TPSA) is 20.2 Å². The van der Waals surface area contributed by atoms with Crippen LogP contribution in [0.5, 0.6) is 0 Å². The first-order valence-corrected chi connectivity index (χ1v) is 7.53. The average molecular weight is 303 g/mol. The Bertz CT molecular complexity index is 297. The molecule has 1 aromatic rings. The van der Waals surface area contributed by atoms with Crippen LogP contribution >= 0.6 is 27.7 Å². The van der Waals surface area contributed by atoms with Crippen molar-refractivity contribution in [1.29, 1.82) is 0 Å². The lowest BCUT2D eigenvalue weighted by atomic mass is 10.1. The zero-order chi connectivity index (χ0) is 12.0. The van der Waals surface area contributed by atoms with Gasteiger partial charge in [-0.05, 0) is 35.8 Å². The Morgan fingerprint density at radius 2 is 1.81 bits per heavy atom. The molecule has 1 unspecified atom stereocenters. The molecule has 1 atom stereocenters. The first kappa shape index (κ1) is 14.1. The summed E-state index contributed by atoms with van der Waals surface area (Å²) in [5.41, 5.74) is 1.20. The second kappa shape index (κ2) is 7.36. The number of hydrogen-bond acceptors (Lipinski definition) is 2. The molecule has 1 nitrogen and oxygen atoms in total. The van der Waals surface area contributed by atoms with E-state index >= 15 is 0 Å². The second-order valence-electron chi connectivity index (χ2n) is 4.42. The summed E-state index contributed by atoms with van der Waals surface area (Å²) in [4.78, 5) is 0. The second-order valence-corrected chi connectivity index (χ2v) is 6.41. The number of benzene rings is 1. The lowest BCUT2D eigenvalue weighted by Gasteiger charge is -2.11. The lowest BCUT2D eigenvalue weighted by molar-refractivity contribution is 0.200. The molecule has 0 aliphatic carbocycles. The lowest BCUT2D eigenvalue weighted by Crippen LogP contribution is -2.14. The molecule has 0 bridgehead atoms. The number of aliphatic hydroxyl groups is 1. The minimum Gasteiger partial charge on any atom is -0.392 e. The van der Waals surface area contributed by atoms with Gasteiger partial charge in [-0.3, -0.25) is 0 Å². The summed E-state index contributed by atoms with van der Waals surface area (Å²) in [7, 11) is 0. The number of halogens is 1. The molecular weight excluding hydrogens is 284 g/mol. The van der Waals surface area contributed by atoms with Gasteiger partial charge < -0.3 is 5.11 Å². The van der Waals surface area contributed by atoms with Gasteiger partial charge in [0, 0.05) is 10.2 Å². The normalized spacial score (nSPS) is 13.1. The summed E-state index contributed by atoms with van der Waals surface area (Å²) in [6.45, 7) is 4.40. The average Bonchev–Trinajstić information content (AvgIpc) is 2.21. The van der Waals surface area contributed by atoms with Crippen LogP contribution in [0.2, 0.25) is 0 Å². The van der Waals surface area contributed by atoms with E-state index in [1.54, 1.807) is 0 Å². The minimum absolute atomic E-state index is 0.232. The number of rotatable bonds is 6. The number of hydrogen-bond donors (Lipinski definition) is 1. The Hall–Kier alpha value is 0.01000. The zero-order valence-electron chi connectivity index (χ0n) is 9.82.